The predicted octanol–water partition coefficient (Wildman–Crippen LogP) is 0.202. The molecule has 1 aliphatic rings. The van der Waals surface area contributed by atoms with Crippen molar-refractivity contribution in [3.8, 4) is 0 Å². The molecular formula is C9H16N2O2S. The summed E-state index contributed by atoms with van der Waals surface area (Å²) in [4.78, 5) is 11.8. The smallest absolute Gasteiger partial charge is 0.229 e. The molecule has 0 aliphatic carbocycles. The number of nitrogens with two attached hydrogens (primary N) is 1. The minimum atomic E-state index is -0.405. The second-order valence-electron chi connectivity index (χ2n) is 3.60. The van der Waals surface area contributed by atoms with E-state index in [-0.39, 0.29) is 23.0 Å². The van der Waals surface area contributed by atoms with Crippen molar-refractivity contribution < 1.29 is 9.53 Å². The van der Waals surface area contributed by atoms with Gasteiger partial charge in [0.05, 0.1) is 23.1 Å². The highest BCUT2D eigenvalue weighted by atomic mass is 32.1. The zero-order chi connectivity index (χ0) is 10.7. The van der Waals surface area contributed by atoms with Gasteiger partial charge in [-0.2, -0.15) is 0 Å². The second-order valence-corrected chi connectivity index (χ2v) is 4.08. The molecule has 3 unspecified atom stereocenters. The number of carbonyl (C=O) groups is 1. The van der Waals surface area contributed by atoms with E-state index >= 15 is 0 Å². The summed E-state index contributed by atoms with van der Waals surface area (Å²) in [6.07, 6.45) is 0.939. The lowest BCUT2D eigenvalue weighted by atomic mass is 10.1. The zero-order valence-corrected chi connectivity index (χ0v) is 9.26. The van der Waals surface area contributed by atoms with Gasteiger partial charge in [0.15, 0.2) is 0 Å². The van der Waals surface area contributed by atoms with Crippen molar-refractivity contribution in [2.45, 2.75) is 32.4 Å². The zero-order valence-electron chi connectivity index (χ0n) is 8.45. The Morgan fingerprint density at radius 2 is 2.36 bits per heavy atom. The van der Waals surface area contributed by atoms with Crippen molar-refractivity contribution in [1.29, 1.82) is 0 Å². The molecule has 0 saturated carbocycles. The summed E-state index contributed by atoms with van der Waals surface area (Å²) in [7, 11) is 0. The van der Waals surface area contributed by atoms with Gasteiger partial charge in [0.2, 0.25) is 5.91 Å². The van der Waals surface area contributed by atoms with Gasteiger partial charge in [0.1, 0.15) is 0 Å². The third-order valence-corrected chi connectivity index (χ3v) is 2.88. The highest BCUT2D eigenvalue weighted by Crippen LogP contribution is 2.13. The van der Waals surface area contributed by atoms with Crippen LogP contribution in [-0.2, 0) is 9.53 Å². The van der Waals surface area contributed by atoms with Gasteiger partial charge in [-0.05, 0) is 20.3 Å². The molecule has 5 heteroatoms. The quantitative estimate of drug-likeness (QED) is 0.662. The molecule has 0 spiro atoms. The largest absolute Gasteiger partial charge is 0.393 e. The Labute approximate surface area is 89.2 Å². The lowest BCUT2D eigenvalue weighted by molar-refractivity contribution is -0.123. The average Bonchev–Trinajstić information content (AvgIpc) is 2.50. The van der Waals surface area contributed by atoms with Crippen molar-refractivity contribution in [2.75, 3.05) is 6.61 Å². The fourth-order valence-electron chi connectivity index (χ4n) is 1.36. The number of hydrogen-bond acceptors (Lipinski definition) is 3. The van der Waals surface area contributed by atoms with Gasteiger partial charge < -0.3 is 15.8 Å². The van der Waals surface area contributed by atoms with Crippen LogP contribution in [0.15, 0.2) is 0 Å². The Hall–Kier alpha value is -0.680. The summed E-state index contributed by atoms with van der Waals surface area (Å²) < 4.78 is 5.33. The van der Waals surface area contributed by atoms with E-state index in [0.29, 0.717) is 6.61 Å². The molecule has 1 aliphatic heterocycles. The number of ether oxygens (including phenoxy) is 1. The van der Waals surface area contributed by atoms with Crippen molar-refractivity contribution in [3.05, 3.63) is 0 Å². The first-order valence-electron chi connectivity index (χ1n) is 4.73. The molecule has 0 radical (unpaired) electrons. The second kappa shape index (κ2) is 4.70. The Morgan fingerprint density at radius 1 is 1.71 bits per heavy atom. The minimum Gasteiger partial charge on any atom is -0.393 e. The summed E-state index contributed by atoms with van der Waals surface area (Å²) in [5.41, 5.74) is 5.39. The molecule has 14 heavy (non-hydrogen) atoms. The first-order chi connectivity index (χ1) is 6.52. The van der Waals surface area contributed by atoms with Crippen molar-refractivity contribution >= 4 is 23.1 Å². The number of thiocarbonyl (C=S) groups is 1. The summed E-state index contributed by atoms with van der Waals surface area (Å²) in [6, 6.07) is 0.0966. The average molecular weight is 216 g/mol. The van der Waals surface area contributed by atoms with E-state index in [2.05, 4.69) is 5.32 Å². The lowest BCUT2D eigenvalue weighted by Gasteiger charge is -2.18. The number of rotatable bonds is 3. The highest BCUT2D eigenvalue weighted by Gasteiger charge is 2.27. The van der Waals surface area contributed by atoms with Crippen LogP contribution >= 0.6 is 12.2 Å². The minimum absolute atomic E-state index is 0.0810. The molecule has 0 aromatic heterocycles. The standard InChI is InChI=1S/C9H16N2O2S/c1-5(8(10)14)9(12)11-7-3-4-13-6(7)2/h5-7H,3-4H2,1-2H3,(H2,10,14)(H,11,12). The third-order valence-electron chi connectivity index (χ3n) is 2.52. The molecule has 1 rings (SSSR count). The van der Waals surface area contributed by atoms with Crippen molar-refractivity contribution in [2.24, 2.45) is 11.7 Å². The van der Waals surface area contributed by atoms with Crippen molar-refractivity contribution in [3.63, 3.8) is 0 Å². The van der Waals surface area contributed by atoms with Gasteiger partial charge in [-0.15, -0.1) is 0 Å². The highest BCUT2D eigenvalue weighted by molar-refractivity contribution is 7.80. The van der Waals surface area contributed by atoms with E-state index in [1.165, 1.54) is 0 Å². The SMILES string of the molecule is CC(C(=O)NC1CCOC1C)C(N)=S. The summed E-state index contributed by atoms with van der Waals surface area (Å²) in [6.45, 7) is 4.36. The van der Waals surface area contributed by atoms with E-state index in [9.17, 15) is 4.79 Å². The Kier molecular flexibility index (Phi) is 3.83. The van der Waals surface area contributed by atoms with Crippen LogP contribution < -0.4 is 11.1 Å². The number of amides is 1. The van der Waals surface area contributed by atoms with Crippen LogP contribution in [0.1, 0.15) is 20.3 Å². The molecule has 1 heterocycles. The number of hydrogen-bond donors (Lipinski definition) is 2. The van der Waals surface area contributed by atoms with Crippen LogP contribution in [0.4, 0.5) is 0 Å². The maximum atomic E-state index is 11.6. The van der Waals surface area contributed by atoms with Crippen LogP contribution in [0, 0.1) is 5.92 Å². The fourth-order valence-corrected chi connectivity index (χ4v) is 1.47. The molecule has 0 aromatic rings. The normalized spacial score (nSPS) is 28.4. The molecule has 3 N–H and O–H groups in total. The van der Waals surface area contributed by atoms with E-state index in [1.54, 1.807) is 6.92 Å². The summed E-state index contributed by atoms with van der Waals surface area (Å²) in [5, 5.41) is 2.88. The monoisotopic (exact) mass is 216 g/mol. The molecule has 80 valence electrons. The molecule has 0 aromatic carbocycles. The van der Waals surface area contributed by atoms with E-state index in [4.69, 9.17) is 22.7 Å². The fraction of sp³-hybridized carbons (Fsp3) is 0.778. The summed E-state index contributed by atoms with van der Waals surface area (Å²) in [5.74, 6) is -0.516. The predicted molar refractivity (Wildman–Crippen MR) is 57.9 cm³/mol. The number of nitrogens with one attached hydrogen (secondary N) is 1. The third kappa shape index (κ3) is 2.65. The van der Waals surface area contributed by atoms with Crippen LogP contribution in [-0.4, -0.2) is 29.6 Å². The van der Waals surface area contributed by atoms with Gasteiger partial charge in [-0.1, -0.05) is 12.2 Å². The van der Waals surface area contributed by atoms with E-state index in [0.717, 1.165) is 6.42 Å². The lowest BCUT2D eigenvalue weighted by Crippen LogP contribution is -2.44. The van der Waals surface area contributed by atoms with Gasteiger partial charge >= 0.3 is 0 Å². The molecule has 1 amide bonds. The Morgan fingerprint density at radius 3 is 2.79 bits per heavy atom. The Balaban J connectivity index is 2.44. The maximum Gasteiger partial charge on any atom is 0.229 e. The van der Waals surface area contributed by atoms with Crippen molar-refractivity contribution in [1.82, 2.24) is 5.32 Å². The number of carbonyl (C=O) groups excluding carboxylic acids is 1. The van der Waals surface area contributed by atoms with Crippen LogP contribution in [0.25, 0.3) is 0 Å². The molecule has 1 saturated heterocycles. The van der Waals surface area contributed by atoms with Gasteiger partial charge in [-0.25, -0.2) is 0 Å². The van der Waals surface area contributed by atoms with Gasteiger partial charge in [0, 0.05) is 6.61 Å². The van der Waals surface area contributed by atoms with Crippen LogP contribution in [0.2, 0.25) is 0 Å². The first-order valence-corrected chi connectivity index (χ1v) is 5.14. The molecule has 3 atom stereocenters. The van der Waals surface area contributed by atoms with E-state index in [1.807, 2.05) is 6.92 Å². The Bertz CT molecular complexity index is 245. The molecule has 1 fully saturated rings. The summed E-state index contributed by atoms with van der Waals surface area (Å²) >= 11 is 4.75. The van der Waals surface area contributed by atoms with Gasteiger partial charge in [-0.3, -0.25) is 4.79 Å². The topological polar surface area (TPSA) is 64.3 Å². The molecule has 4 nitrogen and oxygen atoms in total. The maximum absolute atomic E-state index is 11.6. The first kappa shape index (κ1) is 11.4. The molecule has 0 bridgehead atoms. The van der Waals surface area contributed by atoms with Crippen LogP contribution in [0.3, 0.4) is 0 Å². The molecular weight excluding hydrogens is 200 g/mol. The van der Waals surface area contributed by atoms with Gasteiger partial charge in [0.25, 0.3) is 0 Å². The van der Waals surface area contributed by atoms with Crippen LogP contribution in [0.5, 0.6) is 0 Å². The van der Waals surface area contributed by atoms with E-state index < -0.39 is 5.92 Å².